The lowest BCUT2D eigenvalue weighted by molar-refractivity contribution is 0.0507. The third-order valence-electron chi connectivity index (χ3n) is 3.47. The maximum absolute atomic E-state index is 12.1. The first-order chi connectivity index (χ1) is 12.2. The number of nitrogens with one attached hydrogen (secondary N) is 2. The highest BCUT2D eigenvalue weighted by molar-refractivity contribution is 7.99. The predicted molar refractivity (Wildman–Crippen MR) is 110 cm³/mol. The molecule has 0 bridgehead atoms. The number of amides is 1. The second kappa shape index (κ2) is 11.1. The fourth-order valence-corrected chi connectivity index (χ4v) is 3.20. The minimum atomic E-state index is -0.518. The largest absolute Gasteiger partial charge is 0.444 e. The molecule has 2 N–H and O–H groups in total. The zero-order chi connectivity index (χ0) is 19.6. The summed E-state index contributed by atoms with van der Waals surface area (Å²) < 4.78 is 5.36. The molecule has 26 heavy (non-hydrogen) atoms. The highest BCUT2D eigenvalue weighted by Crippen LogP contribution is 2.18. The summed E-state index contributed by atoms with van der Waals surface area (Å²) in [6.07, 6.45) is 9.73. The molecule has 1 amide bonds. The van der Waals surface area contributed by atoms with Crippen LogP contribution < -0.4 is 5.32 Å². The number of hydrogen-bond donors (Lipinski definition) is 2. The van der Waals surface area contributed by atoms with Gasteiger partial charge in [-0.2, -0.15) is 11.8 Å². The smallest absolute Gasteiger partial charge is 0.408 e. The van der Waals surface area contributed by atoms with E-state index in [1.165, 1.54) is 11.1 Å². The van der Waals surface area contributed by atoms with Crippen molar-refractivity contribution in [3.8, 4) is 0 Å². The standard InChI is InChI=1S/C20H33N3O2S/c1-15(2)8-7-9-16(3)10-13-26-14-17(18-21-11-12-22-18)23-19(24)25-20(4,5)6/h8,10-12,17H,7,9,13-14H2,1-6H3,(H,21,22)(H,23,24)/b16-10+. The van der Waals surface area contributed by atoms with Crippen LogP contribution in [0.2, 0.25) is 0 Å². The van der Waals surface area contributed by atoms with Gasteiger partial charge in [0.25, 0.3) is 0 Å². The molecule has 1 aromatic heterocycles. The number of hydrogen-bond acceptors (Lipinski definition) is 4. The van der Waals surface area contributed by atoms with E-state index in [-0.39, 0.29) is 6.04 Å². The molecule has 0 spiro atoms. The fraction of sp³-hybridized carbons (Fsp3) is 0.600. The van der Waals surface area contributed by atoms with E-state index in [0.29, 0.717) is 0 Å². The lowest BCUT2D eigenvalue weighted by Crippen LogP contribution is -2.36. The van der Waals surface area contributed by atoms with Crippen molar-refractivity contribution in [2.45, 2.75) is 66.0 Å². The second-order valence-corrected chi connectivity index (χ2v) is 8.66. The van der Waals surface area contributed by atoms with Gasteiger partial charge in [0, 0.05) is 23.9 Å². The molecular formula is C20H33N3O2S. The normalized spacial score (nSPS) is 13.2. The predicted octanol–water partition coefficient (Wildman–Crippen LogP) is 5.40. The third kappa shape index (κ3) is 10.3. The van der Waals surface area contributed by atoms with Crippen LogP contribution in [-0.2, 0) is 4.74 Å². The number of rotatable bonds is 9. The fourth-order valence-electron chi connectivity index (χ4n) is 2.18. The van der Waals surface area contributed by atoms with Crippen molar-refractivity contribution in [3.63, 3.8) is 0 Å². The molecule has 0 aliphatic heterocycles. The van der Waals surface area contributed by atoms with E-state index in [1.807, 2.05) is 20.8 Å². The van der Waals surface area contributed by atoms with Crippen LogP contribution in [-0.4, -0.2) is 33.2 Å². The molecule has 1 rings (SSSR count). The number of carbonyl (C=O) groups excluding carboxylic acids is 1. The monoisotopic (exact) mass is 379 g/mol. The van der Waals surface area contributed by atoms with Crippen molar-refractivity contribution < 1.29 is 9.53 Å². The molecule has 1 aromatic rings. The number of ether oxygens (including phenoxy) is 1. The number of aromatic nitrogens is 2. The van der Waals surface area contributed by atoms with E-state index in [0.717, 1.165) is 30.2 Å². The van der Waals surface area contributed by atoms with Gasteiger partial charge in [-0.3, -0.25) is 0 Å². The van der Waals surface area contributed by atoms with E-state index in [9.17, 15) is 4.79 Å². The van der Waals surface area contributed by atoms with Crippen molar-refractivity contribution in [2.75, 3.05) is 11.5 Å². The van der Waals surface area contributed by atoms with Crippen LogP contribution in [0.5, 0.6) is 0 Å². The highest BCUT2D eigenvalue weighted by Gasteiger charge is 2.21. The molecule has 0 aromatic carbocycles. The van der Waals surface area contributed by atoms with Gasteiger partial charge in [-0.15, -0.1) is 0 Å². The molecule has 146 valence electrons. The Kier molecular flexibility index (Phi) is 9.55. The molecule has 5 nitrogen and oxygen atoms in total. The molecule has 0 fully saturated rings. The van der Waals surface area contributed by atoms with Gasteiger partial charge in [0.1, 0.15) is 11.4 Å². The van der Waals surface area contributed by atoms with Crippen LogP contribution in [0.25, 0.3) is 0 Å². The molecular weight excluding hydrogens is 346 g/mol. The maximum Gasteiger partial charge on any atom is 0.408 e. The minimum Gasteiger partial charge on any atom is -0.444 e. The summed E-state index contributed by atoms with van der Waals surface area (Å²) in [5.74, 6) is 2.38. The van der Waals surface area contributed by atoms with Crippen LogP contribution in [0.15, 0.2) is 35.7 Å². The number of allylic oxidation sites excluding steroid dienone is 3. The molecule has 1 atom stereocenters. The number of carbonyl (C=O) groups is 1. The number of thioether (sulfide) groups is 1. The van der Waals surface area contributed by atoms with Crippen molar-refractivity contribution >= 4 is 17.9 Å². The van der Waals surface area contributed by atoms with E-state index in [2.05, 4.69) is 48.2 Å². The Morgan fingerprint density at radius 3 is 2.65 bits per heavy atom. The van der Waals surface area contributed by atoms with Crippen LogP contribution in [0.1, 0.15) is 66.3 Å². The van der Waals surface area contributed by atoms with Crippen LogP contribution in [0, 0.1) is 0 Å². The Morgan fingerprint density at radius 1 is 1.35 bits per heavy atom. The highest BCUT2D eigenvalue weighted by atomic mass is 32.2. The maximum atomic E-state index is 12.1. The van der Waals surface area contributed by atoms with Gasteiger partial charge in [-0.25, -0.2) is 9.78 Å². The molecule has 0 saturated carbocycles. The summed E-state index contributed by atoms with van der Waals surface area (Å²) in [4.78, 5) is 19.4. The summed E-state index contributed by atoms with van der Waals surface area (Å²) in [6.45, 7) is 12.0. The van der Waals surface area contributed by atoms with Crippen molar-refractivity contribution in [2.24, 2.45) is 0 Å². The van der Waals surface area contributed by atoms with E-state index in [1.54, 1.807) is 24.2 Å². The lowest BCUT2D eigenvalue weighted by atomic mass is 10.1. The Labute approximate surface area is 162 Å². The first-order valence-electron chi connectivity index (χ1n) is 9.03. The van der Waals surface area contributed by atoms with Crippen molar-refractivity contribution in [1.29, 1.82) is 0 Å². The first kappa shape index (κ1) is 22.4. The van der Waals surface area contributed by atoms with Crippen molar-refractivity contribution in [1.82, 2.24) is 15.3 Å². The van der Waals surface area contributed by atoms with Gasteiger partial charge in [0.05, 0.1) is 6.04 Å². The van der Waals surface area contributed by atoms with Crippen LogP contribution in [0.4, 0.5) is 4.79 Å². The van der Waals surface area contributed by atoms with Crippen LogP contribution >= 0.6 is 11.8 Å². The third-order valence-corrected chi connectivity index (χ3v) is 4.44. The van der Waals surface area contributed by atoms with Gasteiger partial charge in [0.15, 0.2) is 0 Å². The van der Waals surface area contributed by atoms with E-state index in [4.69, 9.17) is 4.74 Å². The van der Waals surface area contributed by atoms with Gasteiger partial charge >= 0.3 is 6.09 Å². The number of aromatic amines is 1. The Hall–Kier alpha value is -1.69. The molecule has 0 radical (unpaired) electrons. The Bertz CT molecular complexity index is 597. The van der Waals surface area contributed by atoms with Gasteiger partial charge < -0.3 is 15.0 Å². The van der Waals surface area contributed by atoms with Crippen LogP contribution in [0.3, 0.4) is 0 Å². The number of imidazole rings is 1. The first-order valence-corrected chi connectivity index (χ1v) is 10.2. The van der Waals surface area contributed by atoms with Gasteiger partial charge in [-0.1, -0.05) is 23.3 Å². The zero-order valence-corrected chi connectivity index (χ0v) is 17.7. The van der Waals surface area contributed by atoms with E-state index >= 15 is 0 Å². The summed E-state index contributed by atoms with van der Waals surface area (Å²) in [6, 6.07) is -0.204. The molecule has 1 unspecified atom stereocenters. The van der Waals surface area contributed by atoms with E-state index < -0.39 is 11.7 Å². The quantitative estimate of drug-likeness (QED) is 0.445. The minimum absolute atomic E-state index is 0.204. The van der Waals surface area contributed by atoms with Gasteiger partial charge in [-0.05, 0) is 54.4 Å². The molecule has 0 aliphatic rings. The average Bonchev–Trinajstić information content (AvgIpc) is 3.02. The average molecular weight is 380 g/mol. The lowest BCUT2D eigenvalue weighted by Gasteiger charge is -2.22. The summed E-state index contributed by atoms with van der Waals surface area (Å²) in [7, 11) is 0. The zero-order valence-electron chi connectivity index (χ0n) is 16.9. The topological polar surface area (TPSA) is 67.0 Å². The van der Waals surface area contributed by atoms with Gasteiger partial charge in [0.2, 0.25) is 0 Å². The molecule has 0 saturated heterocycles. The number of H-pyrrole nitrogens is 1. The molecule has 0 aliphatic carbocycles. The SMILES string of the molecule is CC(C)=CCC/C(C)=C/CSCC(NC(=O)OC(C)(C)C)c1ncc[nH]1. The second-order valence-electron chi connectivity index (χ2n) is 7.58. The number of alkyl carbamates (subject to hydrolysis) is 1. The summed E-state index contributed by atoms with van der Waals surface area (Å²) in [5.41, 5.74) is 2.24. The Balaban J connectivity index is 2.49. The molecule has 6 heteroatoms. The number of nitrogens with zero attached hydrogens (tertiary/aromatic N) is 1. The van der Waals surface area contributed by atoms with Crippen molar-refractivity contribution in [3.05, 3.63) is 41.5 Å². The Morgan fingerprint density at radius 2 is 2.08 bits per heavy atom. The summed E-state index contributed by atoms with van der Waals surface area (Å²) >= 11 is 1.77. The molecule has 1 heterocycles. The summed E-state index contributed by atoms with van der Waals surface area (Å²) in [5, 5.41) is 2.91.